The fourth-order valence-corrected chi connectivity index (χ4v) is 3.23. The molecule has 0 spiro atoms. The summed E-state index contributed by atoms with van der Waals surface area (Å²) in [5.41, 5.74) is 3.33. The molecule has 3 aromatic rings. The summed E-state index contributed by atoms with van der Waals surface area (Å²) in [7, 11) is 0. The lowest BCUT2D eigenvalue weighted by atomic mass is 10.0. The van der Waals surface area contributed by atoms with Gasteiger partial charge in [-0.25, -0.2) is 0 Å². The highest BCUT2D eigenvalue weighted by molar-refractivity contribution is 5.94. The molecule has 3 aromatic carbocycles. The third-order valence-electron chi connectivity index (χ3n) is 5.03. The molecule has 1 unspecified atom stereocenters. The predicted octanol–water partition coefficient (Wildman–Crippen LogP) is 3.63. The standard InChI is InChI=1S/C24H22N2O5/c1-16(26(30)31)21-13-12-20(24(28)29)15-22(21)25-23(27)14-9-17-7-10-19(11-8-17)18-5-3-2-4-6-18/h2-8,10-13,15-16H,9,14H2,1H3,(H,25,27)(H,28,29)/p-1. The predicted molar refractivity (Wildman–Crippen MR) is 115 cm³/mol. The van der Waals surface area contributed by atoms with Crippen LogP contribution in [0.1, 0.15) is 40.9 Å². The van der Waals surface area contributed by atoms with Gasteiger partial charge in [0.25, 0.3) is 0 Å². The molecular formula is C24H21N2O5-. The van der Waals surface area contributed by atoms with Gasteiger partial charge in [0, 0.05) is 23.8 Å². The third-order valence-corrected chi connectivity index (χ3v) is 5.03. The van der Waals surface area contributed by atoms with E-state index in [-0.39, 0.29) is 29.1 Å². The van der Waals surface area contributed by atoms with E-state index in [1.54, 1.807) is 0 Å². The average molecular weight is 417 g/mol. The number of carboxylic acid groups (broad SMARTS) is 1. The van der Waals surface area contributed by atoms with Gasteiger partial charge in [0.15, 0.2) is 0 Å². The molecule has 7 nitrogen and oxygen atoms in total. The quantitative estimate of drug-likeness (QED) is 0.444. The lowest BCUT2D eigenvalue weighted by Crippen LogP contribution is -2.23. The second kappa shape index (κ2) is 9.67. The van der Waals surface area contributed by atoms with Crippen LogP contribution in [0.2, 0.25) is 0 Å². The van der Waals surface area contributed by atoms with Gasteiger partial charge in [-0.3, -0.25) is 14.9 Å². The van der Waals surface area contributed by atoms with Crippen molar-refractivity contribution >= 4 is 17.6 Å². The molecule has 0 aliphatic rings. The van der Waals surface area contributed by atoms with E-state index in [9.17, 15) is 24.8 Å². The highest BCUT2D eigenvalue weighted by Gasteiger charge is 2.21. The minimum atomic E-state index is -1.42. The lowest BCUT2D eigenvalue weighted by Gasteiger charge is -2.14. The first-order chi connectivity index (χ1) is 14.8. The van der Waals surface area contributed by atoms with E-state index in [1.807, 2.05) is 54.6 Å². The Kier molecular flexibility index (Phi) is 6.77. The monoisotopic (exact) mass is 417 g/mol. The number of benzene rings is 3. The molecule has 7 heteroatoms. The van der Waals surface area contributed by atoms with Crippen LogP contribution in [-0.2, 0) is 11.2 Å². The fourth-order valence-electron chi connectivity index (χ4n) is 3.23. The first-order valence-electron chi connectivity index (χ1n) is 9.78. The van der Waals surface area contributed by atoms with E-state index in [0.29, 0.717) is 6.42 Å². The zero-order chi connectivity index (χ0) is 22.4. The van der Waals surface area contributed by atoms with Crippen LogP contribution in [0.15, 0.2) is 72.8 Å². The number of carboxylic acids is 1. The first kappa shape index (κ1) is 21.7. The van der Waals surface area contributed by atoms with Gasteiger partial charge in [0.2, 0.25) is 11.9 Å². The maximum Gasteiger partial charge on any atom is 0.237 e. The van der Waals surface area contributed by atoms with Gasteiger partial charge in [0.05, 0.1) is 11.7 Å². The Morgan fingerprint density at radius 2 is 1.61 bits per heavy atom. The Labute approximate surface area is 179 Å². The van der Waals surface area contributed by atoms with Crippen LogP contribution in [-0.4, -0.2) is 16.8 Å². The lowest BCUT2D eigenvalue weighted by molar-refractivity contribution is -0.524. The van der Waals surface area contributed by atoms with Crippen LogP contribution in [0.3, 0.4) is 0 Å². The first-order valence-corrected chi connectivity index (χ1v) is 9.78. The Balaban J connectivity index is 1.68. The highest BCUT2D eigenvalue weighted by Crippen LogP contribution is 2.27. The van der Waals surface area contributed by atoms with Crippen molar-refractivity contribution in [2.75, 3.05) is 5.32 Å². The number of aryl methyl sites for hydroxylation is 1. The fraction of sp³-hybridized carbons (Fsp3) is 0.167. The summed E-state index contributed by atoms with van der Waals surface area (Å²) >= 11 is 0. The van der Waals surface area contributed by atoms with Gasteiger partial charge < -0.3 is 15.2 Å². The summed E-state index contributed by atoms with van der Waals surface area (Å²) in [6.45, 7) is 1.37. The van der Waals surface area contributed by atoms with E-state index >= 15 is 0 Å². The van der Waals surface area contributed by atoms with E-state index < -0.39 is 16.9 Å². The SMILES string of the molecule is CC(c1ccc(C(=O)[O-])cc1NC(=O)CCc1ccc(-c2ccccc2)cc1)[N+](=O)[O-]. The van der Waals surface area contributed by atoms with Gasteiger partial charge in [-0.05, 0) is 40.8 Å². The van der Waals surface area contributed by atoms with Crippen molar-refractivity contribution < 1.29 is 19.6 Å². The van der Waals surface area contributed by atoms with Gasteiger partial charge in [-0.1, -0.05) is 60.7 Å². The molecule has 0 bridgehead atoms. The van der Waals surface area contributed by atoms with E-state index in [1.165, 1.54) is 25.1 Å². The van der Waals surface area contributed by atoms with Gasteiger partial charge in [0.1, 0.15) is 0 Å². The molecule has 0 aliphatic heterocycles. The van der Waals surface area contributed by atoms with Crippen molar-refractivity contribution in [1.29, 1.82) is 0 Å². The van der Waals surface area contributed by atoms with Crippen LogP contribution in [0.5, 0.6) is 0 Å². The van der Waals surface area contributed by atoms with Crippen LogP contribution >= 0.6 is 0 Å². The molecule has 0 heterocycles. The zero-order valence-electron chi connectivity index (χ0n) is 16.9. The molecule has 0 radical (unpaired) electrons. The van der Waals surface area contributed by atoms with Crippen molar-refractivity contribution in [2.24, 2.45) is 0 Å². The number of aromatic carboxylic acids is 1. The van der Waals surface area contributed by atoms with Gasteiger partial charge in [-0.2, -0.15) is 0 Å². The van der Waals surface area contributed by atoms with Crippen molar-refractivity contribution in [3.8, 4) is 11.1 Å². The second-order valence-corrected chi connectivity index (χ2v) is 7.16. The van der Waals surface area contributed by atoms with E-state index in [0.717, 1.165) is 16.7 Å². The number of nitro groups is 1. The summed E-state index contributed by atoms with van der Waals surface area (Å²) < 4.78 is 0. The Morgan fingerprint density at radius 3 is 2.23 bits per heavy atom. The molecule has 1 amide bonds. The molecular weight excluding hydrogens is 396 g/mol. The minimum Gasteiger partial charge on any atom is -0.545 e. The molecule has 0 saturated carbocycles. The molecule has 31 heavy (non-hydrogen) atoms. The average Bonchev–Trinajstić information content (AvgIpc) is 2.78. The normalized spacial score (nSPS) is 11.5. The smallest absolute Gasteiger partial charge is 0.237 e. The zero-order valence-corrected chi connectivity index (χ0v) is 16.9. The van der Waals surface area contributed by atoms with Crippen molar-refractivity contribution in [1.82, 2.24) is 0 Å². The number of amides is 1. The van der Waals surface area contributed by atoms with Crippen molar-refractivity contribution in [3.05, 3.63) is 99.6 Å². The maximum atomic E-state index is 12.5. The molecule has 1 N–H and O–H groups in total. The largest absolute Gasteiger partial charge is 0.545 e. The van der Waals surface area contributed by atoms with Crippen molar-refractivity contribution in [3.63, 3.8) is 0 Å². The molecule has 1 atom stereocenters. The number of hydrogen-bond donors (Lipinski definition) is 1. The number of carbonyl (C=O) groups is 2. The number of anilines is 1. The van der Waals surface area contributed by atoms with Gasteiger partial charge in [-0.15, -0.1) is 0 Å². The van der Waals surface area contributed by atoms with Crippen LogP contribution in [0.25, 0.3) is 11.1 Å². The molecule has 3 rings (SSSR count). The number of hydrogen-bond acceptors (Lipinski definition) is 5. The van der Waals surface area contributed by atoms with E-state index in [4.69, 9.17) is 0 Å². The molecule has 0 aliphatic carbocycles. The van der Waals surface area contributed by atoms with Crippen LogP contribution in [0.4, 0.5) is 5.69 Å². The second-order valence-electron chi connectivity index (χ2n) is 7.16. The summed E-state index contributed by atoms with van der Waals surface area (Å²) in [5, 5.41) is 24.9. The molecule has 158 valence electrons. The number of rotatable bonds is 8. The summed E-state index contributed by atoms with van der Waals surface area (Å²) in [5.74, 6) is -1.78. The van der Waals surface area contributed by atoms with Gasteiger partial charge >= 0.3 is 0 Å². The number of nitrogens with zero attached hydrogens (tertiary/aromatic N) is 1. The molecule has 0 fully saturated rings. The topological polar surface area (TPSA) is 112 Å². The van der Waals surface area contributed by atoms with E-state index in [2.05, 4.69) is 5.32 Å². The van der Waals surface area contributed by atoms with Crippen LogP contribution in [0, 0.1) is 10.1 Å². The highest BCUT2D eigenvalue weighted by atomic mass is 16.6. The number of nitrogens with one attached hydrogen (secondary N) is 1. The Morgan fingerprint density at radius 1 is 0.968 bits per heavy atom. The van der Waals surface area contributed by atoms with Crippen molar-refractivity contribution in [2.45, 2.75) is 25.8 Å². The third kappa shape index (κ3) is 5.54. The molecule has 0 aromatic heterocycles. The van der Waals surface area contributed by atoms with Crippen LogP contribution < -0.4 is 10.4 Å². The Hall–Kier alpha value is -4.00. The Bertz CT molecular complexity index is 1090. The number of carbonyl (C=O) groups excluding carboxylic acids is 2. The summed E-state index contributed by atoms with van der Waals surface area (Å²) in [6, 6.07) is 20.5. The summed E-state index contributed by atoms with van der Waals surface area (Å²) in [6.07, 6.45) is 0.619. The summed E-state index contributed by atoms with van der Waals surface area (Å²) in [4.78, 5) is 34.3. The molecule has 0 saturated heterocycles. The minimum absolute atomic E-state index is 0.107. The maximum absolute atomic E-state index is 12.5.